The highest BCUT2D eigenvalue weighted by Gasteiger charge is 2.16. The number of nitrogens with one attached hydrogen (secondary N) is 2. The minimum absolute atomic E-state index is 0.162. The summed E-state index contributed by atoms with van der Waals surface area (Å²) in [6, 6.07) is 8.29. The van der Waals surface area contributed by atoms with Crippen LogP contribution in [0.1, 0.15) is 13.8 Å². The lowest BCUT2D eigenvalue weighted by molar-refractivity contribution is -0.118. The number of amides is 1. The zero-order valence-electron chi connectivity index (χ0n) is 13.0. The fourth-order valence-electron chi connectivity index (χ4n) is 1.77. The lowest BCUT2D eigenvalue weighted by atomic mass is 10.2. The summed E-state index contributed by atoms with van der Waals surface area (Å²) < 4.78 is 52.6. The van der Waals surface area contributed by atoms with Crippen LogP contribution in [0.3, 0.4) is 0 Å². The first-order valence-electron chi connectivity index (χ1n) is 7.08. The summed E-state index contributed by atoms with van der Waals surface area (Å²) in [5.41, 5.74) is 0.742. The van der Waals surface area contributed by atoms with Crippen LogP contribution in [0.4, 0.5) is 20.2 Å². The first-order chi connectivity index (χ1) is 11.2. The van der Waals surface area contributed by atoms with E-state index in [1.807, 2.05) is 0 Å². The lowest BCUT2D eigenvalue weighted by Gasteiger charge is -2.10. The van der Waals surface area contributed by atoms with Crippen molar-refractivity contribution in [3.8, 4) is 0 Å². The van der Waals surface area contributed by atoms with E-state index in [-0.39, 0.29) is 17.5 Å². The Morgan fingerprint density at radius 2 is 1.54 bits per heavy atom. The average Bonchev–Trinajstić information content (AvgIpc) is 2.51. The van der Waals surface area contributed by atoms with Crippen LogP contribution < -0.4 is 10.0 Å². The third-order valence-corrected chi connectivity index (χ3v) is 4.51. The molecule has 0 heterocycles. The molecular formula is C16H16F2N2O3S. The van der Waals surface area contributed by atoms with Crippen molar-refractivity contribution in [2.45, 2.75) is 18.7 Å². The van der Waals surface area contributed by atoms with Crippen molar-refractivity contribution in [2.24, 2.45) is 5.92 Å². The molecular weight excluding hydrogens is 338 g/mol. The Kier molecular flexibility index (Phi) is 5.18. The Morgan fingerprint density at radius 1 is 0.958 bits per heavy atom. The maximum Gasteiger partial charge on any atom is 0.261 e. The number of rotatable bonds is 5. The zero-order chi connectivity index (χ0) is 17.9. The molecule has 2 aromatic rings. The van der Waals surface area contributed by atoms with Crippen molar-refractivity contribution in [3.05, 3.63) is 54.1 Å². The Hall–Kier alpha value is -2.48. The SMILES string of the molecule is CC(C)C(=O)Nc1ccc(NS(=O)(=O)c2ccc(F)c(F)c2)cc1. The van der Waals surface area contributed by atoms with Crippen molar-refractivity contribution in [1.82, 2.24) is 0 Å². The molecule has 2 aromatic carbocycles. The molecule has 0 aromatic heterocycles. The number of sulfonamides is 1. The molecule has 0 spiro atoms. The largest absolute Gasteiger partial charge is 0.326 e. The third kappa shape index (κ3) is 4.29. The van der Waals surface area contributed by atoms with Crippen molar-refractivity contribution >= 4 is 27.3 Å². The fraction of sp³-hybridized carbons (Fsp3) is 0.188. The highest BCUT2D eigenvalue weighted by atomic mass is 32.2. The predicted molar refractivity (Wildman–Crippen MR) is 87.1 cm³/mol. The van der Waals surface area contributed by atoms with Gasteiger partial charge in [0.05, 0.1) is 4.90 Å². The van der Waals surface area contributed by atoms with Gasteiger partial charge in [-0.2, -0.15) is 0 Å². The van der Waals surface area contributed by atoms with Crippen molar-refractivity contribution in [1.29, 1.82) is 0 Å². The molecule has 0 aliphatic rings. The molecule has 0 radical (unpaired) electrons. The summed E-state index contributed by atoms with van der Waals surface area (Å²) in [5, 5.41) is 2.67. The van der Waals surface area contributed by atoms with E-state index in [1.165, 1.54) is 24.3 Å². The molecule has 2 rings (SSSR count). The summed E-state index contributed by atoms with van der Waals surface area (Å²) in [5.74, 6) is -2.72. The molecule has 0 unspecified atom stereocenters. The molecule has 128 valence electrons. The van der Waals surface area contributed by atoms with Crippen molar-refractivity contribution < 1.29 is 22.0 Å². The maximum atomic E-state index is 13.2. The van der Waals surface area contributed by atoms with Crippen LogP contribution in [0.5, 0.6) is 0 Å². The van der Waals surface area contributed by atoms with E-state index in [0.717, 1.165) is 12.1 Å². The Morgan fingerprint density at radius 3 is 2.08 bits per heavy atom. The van der Waals surface area contributed by atoms with Crippen LogP contribution in [-0.2, 0) is 14.8 Å². The summed E-state index contributed by atoms with van der Waals surface area (Å²) >= 11 is 0. The second-order valence-corrected chi connectivity index (χ2v) is 7.09. The molecule has 0 atom stereocenters. The lowest BCUT2D eigenvalue weighted by Crippen LogP contribution is -2.17. The Balaban J connectivity index is 2.15. The van der Waals surface area contributed by atoms with E-state index < -0.39 is 26.6 Å². The first kappa shape index (κ1) is 17.9. The zero-order valence-corrected chi connectivity index (χ0v) is 13.8. The van der Waals surface area contributed by atoms with Crippen LogP contribution in [0.2, 0.25) is 0 Å². The smallest absolute Gasteiger partial charge is 0.261 e. The minimum Gasteiger partial charge on any atom is -0.326 e. The van der Waals surface area contributed by atoms with Gasteiger partial charge in [-0.3, -0.25) is 9.52 Å². The molecule has 5 nitrogen and oxygen atoms in total. The summed E-state index contributed by atoms with van der Waals surface area (Å²) in [6.45, 7) is 3.50. The van der Waals surface area contributed by atoms with Gasteiger partial charge in [0.25, 0.3) is 10.0 Å². The number of carbonyl (C=O) groups excluding carboxylic acids is 1. The van der Waals surface area contributed by atoms with Gasteiger partial charge in [0.2, 0.25) is 5.91 Å². The Bertz CT molecular complexity index is 850. The number of hydrogen-bond acceptors (Lipinski definition) is 3. The van der Waals surface area contributed by atoms with Gasteiger partial charge in [-0.05, 0) is 42.5 Å². The highest BCUT2D eigenvalue weighted by Crippen LogP contribution is 2.20. The number of anilines is 2. The van der Waals surface area contributed by atoms with Gasteiger partial charge in [-0.25, -0.2) is 17.2 Å². The van der Waals surface area contributed by atoms with E-state index in [9.17, 15) is 22.0 Å². The third-order valence-electron chi connectivity index (χ3n) is 3.13. The van der Waals surface area contributed by atoms with Crippen LogP contribution in [-0.4, -0.2) is 14.3 Å². The monoisotopic (exact) mass is 354 g/mol. The second kappa shape index (κ2) is 6.96. The Labute approximate surface area is 138 Å². The molecule has 0 fully saturated rings. The molecule has 8 heteroatoms. The average molecular weight is 354 g/mol. The van der Waals surface area contributed by atoms with E-state index >= 15 is 0 Å². The first-order valence-corrected chi connectivity index (χ1v) is 8.56. The highest BCUT2D eigenvalue weighted by molar-refractivity contribution is 7.92. The molecule has 1 amide bonds. The van der Waals surface area contributed by atoms with E-state index in [0.29, 0.717) is 11.8 Å². The van der Waals surface area contributed by atoms with Crippen LogP contribution in [0.25, 0.3) is 0 Å². The number of halogens is 2. The quantitative estimate of drug-likeness (QED) is 0.864. The van der Waals surface area contributed by atoms with Gasteiger partial charge >= 0.3 is 0 Å². The minimum atomic E-state index is -4.05. The normalized spacial score (nSPS) is 11.4. The van der Waals surface area contributed by atoms with Gasteiger partial charge in [0.1, 0.15) is 0 Å². The molecule has 24 heavy (non-hydrogen) atoms. The number of benzene rings is 2. The second-order valence-electron chi connectivity index (χ2n) is 5.40. The fourth-order valence-corrected chi connectivity index (χ4v) is 2.84. The summed E-state index contributed by atoms with van der Waals surface area (Å²) in [7, 11) is -4.05. The van der Waals surface area contributed by atoms with E-state index in [2.05, 4.69) is 10.0 Å². The van der Waals surface area contributed by atoms with Crippen LogP contribution in [0, 0.1) is 17.6 Å². The van der Waals surface area contributed by atoms with Crippen molar-refractivity contribution in [3.63, 3.8) is 0 Å². The van der Waals surface area contributed by atoms with Gasteiger partial charge < -0.3 is 5.32 Å². The number of carbonyl (C=O) groups is 1. The van der Waals surface area contributed by atoms with Gasteiger partial charge in [-0.1, -0.05) is 13.8 Å². The summed E-state index contributed by atoms with van der Waals surface area (Å²) in [6.07, 6.45) is 0. The molecule has 2 N–H and O–H groups in total. The molecule has 0 saturated carbocycles. The predicted octanol–water partition coefficient (Wildman–Crippen LogP) is 3.36. The molecule has 0 aliphatic heterocycles. The summed E-state index contributed by atoms with van der Waals surface area (Å²) in [4.78, 5) is 11.2. The van der Waals surface area contributed by atoms with E-state index in [4.69, 9.17) is 0 Å². The number of hydrogen-bond donors (Lipinski definition) is 2. The van der Waals surface area contributed by atoms with Crippen molar-refractivity contribution in [2.75, 3.05) is 10.0 Å². The van der Waals surface area contributed by atoms with Crippen LogP contribution in [0.15, 0.2) is 47.4 Å². The maximum absolute atomic E-state index is 13.2. The molecule has 0 bridgehead atoms. The molecule has 0 saturated heterocycles. The van der Waals surface area contributed by atoms with E-state index in [1.54, 1.807) is 13.8 Å². The molecule has 0 aliphatic carbocycles. The van der Waals surface area contributed by atoms with Crippen LogP contribution >= 0.6 is 0 Å². The van der Waals surface area contributed by atoms with Gasteiger partial charge in [-0.15, -0.1) is 0 Å². The topological polar surface area (TPSA) is 75.3 Å². The van der Waals surface area contributed by atoms with Gasteiger partial charge in [0, 0.05) is 17.3 Å². The standard InChI is InChI=1S/C16H16F2N2O3S/c1-10(2)16(21)19-11-3-5-12(6-4-11)20-24(22,23)13-7-8-14(17)15(18)9-13/h3-10,20H,1-2H3,(H,19,21). The van der Waals surface area contributed by atoms with Gasteiger partial charge in [0.15, 0.2) is 11.6 Å².